The van der Waals surface area contributed by atoms with Gasteiger partial charge in [0.1, 0.15) is 0 Å². The summed E-state index contributed by atoms with van der Waals surface area (Å²) < 4.78 is 6.92. The molecule has 32 heavy (non-hydrogen) atoms. The van der Waals surface area contributed by atoms with E-state index >= 15 is 0 Å². The molecule has 164 valence electrons. The minimum atomic E-state index is -0.716. The number of benzene rings is 2. The van der Waals surface area contributed by atoms with Gasteiger partial charge in [0.15, 0.2) is 0 Å². The zero-order valence-electron chi connectivity index (χ0n) is 17.9. The Kier molecular flexibility index (Phi) is 5.95. The number of hydrogen-bond donors (Lipinski definition) is 1. The van der Waals surface area contributed by atoms with Crippen LogP contribution in [0.1, 0.15) is 30.5 Å². The van der Waals surface area contributed by atoms with Crippen molar-refractivity contribution in [1.29, 1.82) is 0 Å². The summed E-state index contributed by atoms with van der Waals surface area (Å²) in [5.41, 5.74) is 2.81. The van der Waals surface area contributed by atoms with E-state index in [1.54, 1.807) is 22.7 Å². The molecule has 0 amide bonds. The van der Waals surface area contributed by atoms with Crippen LogP contribution in [-0.4, -0.2) is 44.7 Å². The van der Waals surface area contributed by atoms with E-state index in [-0.39, 0.29) is 18.2 Å². The normalized spacial score (nSPS) is 18.9. The van der Waals surface area contributed by atoms with Gasteiger partial charge in [-0.15, -0.1) is 11.8 Å². The van der Waals surface area contributed by atoms with E-state index in [1.165, 1.54) is 0 Å². The van der Waals surface area contributed by atoms with Gasteiger partial charge in [-0.2, -0.15) is 0 Å². The van der Waals surface area contributed by atoms with Crippen LogP contribution >= 0.6 is 11.8 Å². The molecule has 1 fully saturated rings. The molecule has 0 spiro atoms. The van der Waals surface area contributed by atoms with Gasteiger partial charge < -0.3 is 9.84 Å². The van der Waals surface area contributed by atoms with Crippen molar-refractivity contribution < 1.29 is 9.84 Å². The van der Waals surface area contributed by atoms with Crippen LogP contribution in [0.5, 0.6) is 0 Å². The first-order valence-electron chi connectivity index (χ1n) is 10.9. The highest BCUT2D eigenvalue weighted by Gasteiger charge is 2.27. The summed E-state index contributed by atoms with van der Waals surface area (Å²) in [6.07, 6.45) is 3.99. The van der Waals surface area contributed by atoms with Gasteiger partial charge in [-0.1, -0.05) is 31.2 Å². The Bertz CT molecular complexity index is 1340. The van der Waals surface area contributed by atoms with Gasteiger partial charge in [0.25, 0.3) is 5.56 Å². The number of rotatable bonds is 5. The van der Waals surface area contributed by atoms with Gasteiger partial charge in [-0.3, -0.25) is 9.36 Å². The maximum absolute atomic E-state index is 13.5. The second-order valence-corrected chi connectivity index (χ2v) is 9.33. The predicted molar refractivity (Wildman–Crippen MR) is 127 cm³/mol. The predicted octanol–water partition coefficient (Wildman–Crippen LogP) is 3.97. The highest BCUT2D eigenvalue weighted by molar-refractivity contribution is 7.99. The van der Waals surface area contributed by atoms with Crippen LogP contribution in [0.3, 0.4) is 0 Å². The molecule has 0 radical (unpaired) electrons. The molecule has 7 heteroatoms. The number of aromatic nitrogens is 3. The molecule has 2 aromatic carbocycles. The fourth-order valence-corrected chi connectivity index (χ4v) is 5.14. The maximum atomic E-state index is 13.5. The minimum Gasteiger partial charge on any atom is -0.389 e. The summed E-state index contributed by atoms with van der Waals surface area (Å²) >= 11 is 1.72. The molecule has 1 N–H and O–H groups in total. The van der Waals surface area contributed by atoms with Crippen molar-refractivity contribution >= 4 is 33.4 Å². The van der Waals surface area contributed by atoms with E-state index in [2.05, 4.69) is 29.0 Å². The van der Waals surface area contributed by atoms with Crippen LogP contribution < -0.4 is 5.56 Å². The standard InChI is InChI=1S/C25H25N3O3S/c1-2-32-23-12-16(7-9-26-23)11-17-13-20-24(19-6-4-3-5-18(17)19)27-15-28(25(20)30)21-8-10-31-14-22(21)29/h3-7,9,12-13,15,21-22,29H,2,8,10-11,14H2,1H3/t21-,22-/m0/s1. The monoisotopic (exact) mass is 447 g/mol. The molecular formula is C25H25N3O3S. The number of nitrogens with zero attached hydrogens (tertiary/aromatic N) is 3. The Morgan fingerprint density at radius 2 is 2.00 bits per heavy atom. The second kappa shape index (κ2) is 9.02. The quantitative estimate of drug-likeness (QED) is 0.369. The third-order valence-corrected chi connectivity index (χ3v) is 6.82. The number of fused-ring (bicyclic) bond motifs is 3. The molecule has 1 aliphatic rings. The van der Waals surface area contributed by atoms with Gasteiger partial charge >= 0.3 is 0 Å². The molecule has 5 rings (SSSR count). The summed E-state index contributed by atoms with van der Waals surface area (Å²) in [5.74, 6) is 0.971. The van der Waals surface area contributed by atoms with Gasteiger partial charge in [0.05, 0.1) is 41.0 Å². The Labute approximate surface area is 190 Å². The molecule has 0 unspecified atom stereocenters. The van der Waals surface area contributed by atoms with Crippen LogP contribution in [-0.2, 0) is 11.2 Å². The lowest BCUT2D eigenvalue weighted by Crippen LogP contribution is -2.39. The second-order valence-electron chi connectivity index (χ2n) is 8.04. The molecule has 4 aromatic rings. The molecule has 1 aliphatic heterocycles. The molecule has 2 atom stereocenters. The van der Waals surface area contributed by atoms with Crippen molar-refractivity contribution in [2.45, 2.75) is 36.9 Å². The van der Waals surface area contributed by atoms with Crippen molar-refractivity contribution in [3.63, 3.8) is 0 Å². The van der Waals surface area contributed by atoms with Crippen LogP contribution in [0.2, 0.25) is 0 Å². The number of hydrogen-bond acceptors (Lipinski definition) is 6. The van der Waals surface area contributed by atoms with Crippen molar-refractivity contribution in [3.05, 3.63) is 76.5 Å². The minimum absolute atomic E-state index is 0.120. The lowest BCUT2D eigenvalue weighted by molar-refractivity contribution is -0.0395. The number of aliphatic hydroxyl groups excluding tert-OH is 1. The maximum Gasteiger partial charge on any atom is 0.261 e. The van der Waals surface area contributed by atoms with Crippen molar-refractivity contribution in [3.8, 4) is 0 Å². The molecular weight excluding hydrogens is 422 g/mol. The first-order chi connectivity index (χ1) is 15.7. The van der Waals surface area contributed by atoms with Gasteiger partial charge in [-0.25, -0.2) is 9.97 Å². The Morgan fingerprint density at radius 3 is 2.81 bits per heavy atom. The topological polar surface area (TPSA) is 77.2 Å². The summed E-state index contributed by atoms with van der Waals surface area (Å²) in [6.45, 7) is 2.87. The van der Waals surface area contributed by atoms with E-state index in [4.69, 9.17) is 4.74 Å². The molecule has 1 saturated heterocycles. The summed E-state index contributed by atoms with van der Waals surface area (Å²) in [6, 6.07) is 13.9. The first kappa shape index (κ1) is 21.1. The van der Waals surface area contributed by atoms with E-state index in [1.807, 2.05) is 36.5 Å². The van der Waals surface area contributed by atoms with Crippen molar-refractivity contribution in [2.75, 3.05) is 19.0 Å². The molecule has 0 bridgehead atoms. The average molecular weight is 448 g/mol. The van der Waals surface area contributed by atoms with Crippen LogP contribution in [0.15, 0.2) is 64.8 Å². The zero-order valence-corrected chi connectivity index (χ0v) is 18.7. The molecule has 0 saturated carbocycles. The van der Waals surface area contributed by atoms with E-state index in [0.29, 0.717) is 30.4 Å². The van der Waals surface area contributed by atoms with Crippen LogP contribution in [0.25, 0.3) is 21.7 Å². The smallest absolute Gasteiger partial charge is 0.261 e. The average Bonchev–Trinajstić information content (AvgIpc) is 2.81. The van der Waals surface area contributed by atoms with Crippen LogP contribution in [0, 0.1) is 0 Å². The Morgan fingerprint density at radius 1 is 1.16 bits per heavy atom. The lowest BCUT2D eigenvalue weighted by Gasteiger charge is -2.29. The SMILES string of the molecule is CCSc1cc(Cc2cc3c(=O)n([C@H]4CCOC[C@@H]4O)cnc3c3ccccc23)ccn1. The Balaban J connectivity index is 1.66. The molecule has 2 aromatic heterocycles. The highest BCUT2D eigenvalue weighted by Crippen LogP contribution is 2.29. The third-order valence-electron chi connectivity index (χ3n) is 6.01. The van der Waals surface area contributed by atoms with E-state index < -0.39 is 6.10 Å². The number of ether oxygens (including phenoxy) is 1. The summed E-state index contributed by atoms with van der Waals surface area (Å²) in [7, 11) is 0. The number of aliphatic hydroxyl groups is 1. The fourth-order valence-electron chi connectivity index (χ4n) is 4.47. The summed E-state index contributed by atoms with van der Waals surface area (Å²) in [4.78, 5) is 22.6. The molecule has 0 aliphatic carbocycles. The van der Waals surface area contributed by atoms with Gasteiger partial charge in [0, 0.05) is 18.2 Å². The van der Waals surface area contributed by atoms with E-state index in [9.17, 15) is 9.90 Å². The lowest BCUT2D eigenvalue weighted by atomic mass is 9.96. The van der Waals surface area contributed by atoms with Gasteiger partial charge in [0.2, 0.25) is 0 Å². The largest absolute Gasteiger partial charge is 0.389 e. The number of pyridine rings is 1. The van der Waals surface area contributed by atoms with Crippen LogP contribution in [0.4, 0.5) is 0 Å². The summed E-state index contributed by atoms with van der Waals surface area (Å²) in [5, 5.41) is 14.0. The number of thioether (sulfide) groups is 1. The molecule has 3 heterocycles. The highest BCUT2D eigenvalue weighted by atomic mass is 32.2. The molecule has 6 nitrogen and oxygen atoms in total. The first-order valence-corrected chi connectivity index (χ1v) is 11.9. The van der Waals surface area contributed by atoms with Crippen molar-refractivity contribution in [2.24, 2.45) is 0 Å². The fraction of sp³-hybridized carbons (Fsp3) is 0.320. The van der Waals surface area contributed by atoms with E-state index in [0.717, 1.165) is 32.7 Å². The third kappa shape index (κ3) is 3.92. The van der Waals surface area contributed by atoms with Gasteiger partial charge in [-0.05, 0) is 53.3 Å². The Hall–Kier alpha value is -2.74. The zero-order chi connectivity index (χ0) is 22.1. The van der Waals surface area contributed by atoms with Crippen molar-refractivity contribution in [1.82, 2.24) is 14.5 Å².